The van der Waals surface area contributed by atoms with Crippen molar-refractivity contribution < 1.29 is 5.11 Å². The molecule has 0 aliphatic heterocycles. The molecule has 78 valence electrons. The summed E-state index contributed by atoms with van der Waals surface area (Å²) in [5, 5.41) is 11.9. The van der Waals surface area contributed by atoms with Gasteiger partial charge in [-0.3, -0.25) is 0 Å². The second-order valence-electron chi connectivity index (χ2n) is 3.32. The van der Waals surface area contributed by atoms with E-state index in [1.807, 2.05) is 12.1 Å². The van der Waals surface area contributed by atoms with Crippen LogP contribution < -0.4 is 11.1 Å². The van der Waals surface area contributed by atoms with E-state index in [2.05, 4.69) is 24.4 Å². The average molecular weight is 194 g/mol. The molecule has 14 heavy (non-hydrogen) atoms. The minimum absolute atomic E-state index is 0.141. The van der Waals surface area contributed by atoms with Gasteiger partial charge < -0.3 is 16.2 Å². The van der Waals surface area contributed by atoms with Gasteiger partial charge in [-0.05, 0) is 18.1 Å². The van der Waals surface area contributed by atoms with Gasteiger partial charge in [0, 0.05) is 19.1 Å². The molecule has 0 aromatic heterocycles. The summed E-state index contributed by atoms with van der Waals surface area (Å²) in [4.78, 5) is 0. The number of aliphatic hydroxyl groups is 1. The molecule has 1 aromatic rings. The van der Waals surface area contributed by atoms with E-state index in [0.29, 0.717) is 13.1 Å². The summed E-state index contributed by atoms with van der Waals surface area (Å²) in [6, 6.07) is 8.29. The highest BCUT2D eigenvalue weighted by molar-refractivity contribution is 5.28. The average Bonchev–Trinajstić information content (AvgIpc) is 2.21. The predicted molar refractivity (Wildman–Crippen MR) is 58.1 cm³/mol. The van der Waals surface area contributed by atoms with Crippen LogP contribution in [0.5, 0.6) is 0 Å². The molecule has 0 bridgehead atoms. The molecule has 0 saturated heterocycles. The van der Waals surface area contributed by atoms with Gasteiger partial charge in [0.25, 0.3) is 0 Å². The van der Waals surface area contributed by atoms with E-state index in [9.17, 15) is 0 Å². The summed E-state index contributed by atoms with van der Waals surface area (Å²) in [5.74, 6) is 0. The van der Waals surface area contributed by atoms with Gasteiger partial charge in [0.2, 0.25) is 0 Å². The van der Waals surface area contributed by atoms with Crippen LogP contribution in [0.1, 0.15) is 17.2 Å². The summed E-state index contributed by atoms with van der Waals surface area (Å²) in [6.45, 7) is 3.34. The normalized spacial score (nSPS) is 12.8. The Morgan fingerprint density at radius 3 is 2.71 bits per heavy atom. The molecule has 0 amide bonds. The van der Waals surface area contributed by atoms with Gasteiger partial charge in [-0.1, -0.05) is 24.3 Å². The lowest BCUT2D eigenvalue weighted by atomic mass is 10.0. The van der Waals surface area contributed by atoms with Crippen molar-refractivity contribution in [3.63, 3.8) is 0 Å². The van der Waals surface area contributed by atoms with E-state index in [0.717, 1.165) is 0 Å². The molecule has 3 nitrogen and oxygen atoms in total. The number of nitrogens with one attached hydrogen (secondary N) is 1. The molecule has 0 fully saturated rings. The zero-order chi connectivity index (χ0) is 10.4. The van der Waals surface area contributed by atoms with Crippen LogP contribution in [0.3, 0.4) is 0 Å². The van der Waals surface area contributed by atoms with Crippen LogP contribution in [0.4, 0.5) is 0 Å². The molecule has 0 saturated carbocycles. The lowest BCUT2D eigenvalue weighted by molar-refractivity contribution is 0.285. The second kappa shape index (κ2) is 5.75. The zero-order valence-corrected chi connectivity index (χ0v) is 8.53. The minimum Gasteiger partial charge on any atom is -0.395 e. The van der Waals surface area contributed by atoms with Crippen LogP contribution in [-0.2, 0) is 0 Å². The number of aliphatic hydroxyl groups excluding tert-OH is 1. The summed E-state index contributed by atoms with van der Waals surface area (Å²) < 4.78 is 0. The van der Waals surface area contributed by atoms with Crippen molar-refractivity contribution in [1.82, 2.24) is 5.32 Å². The Hall–Kier alpha value is -0.900. The fourth-order valence-electron chi connectivity index (χ4n) is 1.54. The van der Waals surface area contributed by atoms with Gasteiger partial charge in [-0.25, -0.2) is 0 Å². The van der Waals surface area contributed by atoms with E-state index in [-0.39, 0.29) is 12.6 Å². The van der Waals surface area contributed by atoms with Crippen molar-refractivity contribution in [3.05, 3.63) is 35.4 Å². The van der Waals surface area contributed by atoms with Crippen LogP contribution in [0.15, 0.2) is 24.3 Å². The highest BCUT2D eigenvalue weighted by atomic mass is 16.3. The lowest BCUT2D eigenvalue weighted by Gasteiger charge is -2.18. The second-order valence-corrected chi connectivity index (χ2v) is 3.32. The van der Waals surface area contributed by atoms with Crippen LogP contribution >= 0.6 is 0 Å². The number of hydrogen-bond donors (Lipinski definition) is 3. The Kier molecular flexibility index (Phi) is 4.59. The van der Waals surface area contributed by atoms with Crippen LogP contribution in [-0.4, -0.2) is 24.8 Å². The maximum Gasteiger partial charge on any atom is 0.0556 e. The highest BCUT2D eigenvalue weighted by Crippen LogP contribution is 2.15. The first-order valence-corrected chi connectivity index (χ1v) is 4.89. The van der Waals surface area contributed by atoms with Crippen molar-refractivity contribution >= 4 is 0 Å². The summed E-state index contributed by atoms with van der Waals surface area (Å²) in [6.07, 6.45) is 0. The fourth-order valence-corrected chi connectivity index (χ4v) is 1.54. The molecule has 0 radical (unpaired) electrons. The van der Waals surface area contributed by atoms with E-state index in [4.69, 9.17) is 10.8 Å². The predicted octanol–water partition coefficient (Wildman–Crippen LogP) is 0.577. The Morgan fingerprint density at radius 2 is 2.14 bits per heavy atom. The van der Waals surface area contributed by atoms with E-state index in [1.165, 1.54) is 11.1 Å². The van der Waals surface area contributed by atoms with Crippen LogP contribution in [0, 0.1) is 6.92 Å². The Bertz CT molecular complexity index is 276. The van der Waals surface area contributed by atoms with Crippen molar-refractivity contribution in [1.29, 1.82) is 0 Å². The number of hydrogen-bond acceptors (Lipinski definition) is 3. The van der Waals surface area contributed by atoms with E-state index >= 15 is 0 Å². The van der Waals surface area contributed by atoms with Crippen LogP contribution in [0.25, 0.3) is 0 Å². The van der Waals surface area contributed by atoms with Crippen molar-refractivity contribution in [2.24, 2.45) is 5.73 Å². The Morgan fingerprint density at radius 1 is 1.43 bits per heavy atom. The van der Waals surface area contributed by atoms with E-state index < -0.39 is 0 Å². The zero-order valence-electron chi connectivity index (χ0n) is 8.53. The third-order valence-electron chi connectivity index (χ3n) is 2.30. The minimum atomic E-state index is 0.141. The topological polar surface area (TPSA) is 58.3 Å². The summed E-state index contributed by atoms with van der Waals surface area (Å²) in [7, 11) is 0. The number of aryl methyl sites for hydroxylation is 1. The SMILES string of the molecule is Cc1ccccc1C(CN)NCCO. The molecule has 1 aromatic carbocycles. The fraction of sp³-hybridized carbons (Fsp3) is 0.455. The van der Waals surface area contributed by atoms with Gasteiger partial charge >= 0.3 is 0 Å². The Balaban J connectivity index is 2.73. The van der Waals surface area contributed by atoms with Gasteiger partial charge in [-0.15, -0.1) is 0 Å². The molecular weight excluding hydrogens is 176 g/mol. The van der Waals surface area contributed by atoms with Gasteiger partial charge in [0.15, 0.2) is 0 Å². The third-order valence-corrected chi connectivity index (χ3v) is 2.30. The monoisotopic (exact) mass is 194 g/mol. The molecule has 0 aliphatic rings. The van der Waals surface area contributed by atoms with Crippen molar-refractivity contribution in [2.45, 2.75) is 13.0 Å². The number of nitrogens with two attached hydrogens (primary N) is 1. The maximum atomic E-state index is 8.72. The van der Waals surface area contributed by atoms with E-state index in [1.54, 1.807) is 0 Å². The molecule has 1 atom stereocenters. The smallest absolute Gasteiger partial charge is 0.0556 e. The highest BCUT2D eigenvalue weighted by Gasteiger charge is 2.09. The first kappa shape index (κ1) is 11.2. The molecule has 1 rings (SSSR count). The molecular formula is C11H18N2O. The molecule has 1 unspecified atom stereocenters. The first-order valence-electron chi connectivity index (χ1n) is 4.89. The van der Waals surface area contributed by atoms with Crippen molar-refractivity contribution in [3.8, 4) is 0 Å². The van der Waals surface area contributed by atoms with Gasteiger partial charge in [0.1, 0.15) is 0 Å². The number of rotatable bonds is 5. The summed E-state index contributed by atoms with van der Waals surface area (Å²) >= 11 is 0. The van der Waals surface area contributed by atoms with Gasteiger partial charge in [0.05, 0.1) is 6.61 Å². The molecule has 3 heteroatoms. The largest absolute Gasteiger partial charge is 0.395 e. The molecule has 4 N–H and O–H groups in total. The quantitative estimate of drug-likeness (QED) is 0.642. The third kappa shape index (κ3) is 2.80. The van der Waals surface area contributed by atoms with Gasteiger partial charge in [-0.2, -0.15) is 0 Å². The molecule has 0 spiro atoms. The molecule has 0 heterocycles. The number of benzene rings is 1. The maximum absolute atomic E-state index is 8.72. The lowest BCUT2D eigenvalue weighted by Crippen LogP contribution is -2.30. The Labute approximate surface area is 84.9 Å². The standard InChI is InChI=1S/C11H18N2O/c1-9-4-2-3-5-10(9)11(8-12)13-6-7-14/h2-5,11,13-14H,6-8,12H2,1H3. The van der Waals surface area contributed by atoms with Crippen LogP contribution in [0.2, 0.25) is 0 Å². The van der Waals surface area contributed by atoms with Crippen molar-refractivity contribution in [2.75, 3.05) is 19.7 Å². The summed E-state index contributed by atoms with van der Waals surface area (Å²) in [5.41, 5.74) is 8.11. The first-order chi connectivity index (χ1) is 6.79. The molecule has 0 aliphatic carbocycles.